The summed E-state index contributed by atoms with van der Waals surface area (Å²) in [5, 5.41) is 0. The number of benzene rings is 1. The average molecular weight is 354 g/mol. The van der Waals surface area contributed by atoms with E-state index in [1.165, 1.54) is 0 Å². The summed E-state index contributed by atoms with van der Waals surface area (Å²) in [6, 6.07) is 5.13. The van der Waals surface area contributed by atoms with E-state index in [1.54, 1.807) is 39.0 Å². The number of rotatable bonds is 1. The fourth-order valence-electron chi connectivity index (χ4n) is 1.78. The van der Waals surface area contributed by atoms with Crippen LogP contribution in [0.15, 0.2) is 18.2 Å². The van der Waals surface area contributed by atoms with Gasteiger partial charge in [-0.05, 0) is 50.5 Å². The first-order valence-electron chi connectivity index (χ1n) is 8.70. The second-order valence-electron chi connectivity index (χ2n) is 4.90. The SMILES string of the molecule is CC.CC.CCc1cc(C)c(F)nc1N.Cc1ccc(N)c(C)c1F. The summed E-state index contributed by atoms with van der Waals surface area (Å²) < 4.78 is 25.6. The molecule has 0 aliphatic heterocycles. The van der Waals surface area contributed by atoms with E-state index < -0.39 is 5.95 Å². The Bertz CT molecular complexity index is 614. The van der Waals surface area contributed by atoms with Crippen LogP contribution in [0.3, 0.4) is 0 Å². The standard InChI is InChI=1S/C8H11FN2.C8H10FN.2C2H6/c1-3-6-4-5(2)7(9)11-8(6)10;1-5-3-4-7(10)6(2)8(5)9;2*1-2/h4H,3H2,1-2H3,(H2,10,11);3-4H,10H2,1-2H3;2*1-2H3. The van der Waals surface area contributed by atoms with Gasteiger partial charge in [-0.25, -0.2) is 9.37 Å². The molecule has 0 radical (unpaired) electrons. The van der Waals surface area contributed by atoms with Crippen molar-refractivity contribution in [1.29, 1.82) is 0 Å². The number of nitrogen functional groups attached to an aromatic ring is 2. The van der Waals surface area contributed by atoms with Crippen molar-refractivity contribution in [3.63, 3.8) is 0 Å². The number of nitrogens with zero attached hydrogens (tertiary/aromatic N) is 1. The third-order valence-corrected chi connectivity index (χ3v) is 3.27. The molecule has 0 spiro atoms. The Kier molecular flexibility index (Phi) is 13.2. The van der Waals surface area contributed by atoms with Crippen molar-refractivity contribution in [1.82, 2.24) is 4.98 Å². The number of anilines is 2. The van der Waals surface area contributed by atoms with E-state index >= 15 is 0 Å². The number of hydrogen-bond donors (Lipinski definition) is 2. The third-order valence-electron chi connectivity index (χ3n) is 3.27. The van der Waals surface area contributed by atoms with Gasteiger partial charge in [0.25, 0.3) is 0 Å². The fraction of sp³-hybridized carbons (Fsp3) is 0.450. The van der Waals surface area contributed by atoms with Crippen LogP contribution in [0.5, 0.6) is 0 Å². The van der Waals surface area contributed by atoms with Crippen molar-refractivity contribution >= 4 is 11.5 Å². The summed E-state index contributed by atoms with van der Waals surface area (Å²) in [4.78, 5) is 3.56. The second-order valence-corrected chi connectivity index (χ2v) is 4.90. The van der Waals surface area contributed by atoms with Crippen LogP contribution in [-0.4, -0.2) is 4.98 Å². The first kappa shape index (κ1) is 25.1. The Labute approximate surface area is 151 Å². The van der Waals surface area contributed by atoms with Gasteiger partial charge < -0.3 is 11.5 Å². The lowest BCUT2D eigenvalue weighted by atomic mass is 10.1. The minimum atomic E-state index is -0.472. The monoisotopic (exact) mass is 353 g/mol. The van der Waals surface area contributed by atoms with Crippen molar-refractivity contribution < 1.29 is 8.78 Å². The Morgan fingerprint density at radius 3 is 1.88 bits per heavy atom. The molecule has 0 saturated heterocycles. The van der Waals surface area contributed by atoms with Gasteiger partial charge in [-0.1, -0.05) is 40.7 Å². The molecule has 1 aromatic carbocycles. The molecule has 0 atom stereocenters. The number of aromatic nitrogens is 1. The molecular weight excluding hydrogens is 320 g/mol. The van der Waals surface area contributed by atoms with Gasteiger partial charge in [-0.2, -0.15) is 4.39 Å². The quantitative estimate of drug-likeness (QED) is 0.507. The second kappa shape index (κ2) is 13.2. The molecule has 3 nitrogen and oxygen atoms in total. The molecule has 0 bridgehead atoms. The molecule has 1 aromatic heterocycles. The summed E-state index contributed by atoms with van der Waals surface area (Å²) in [5.41, 5.74) is 14.1. The number of hydrogen-bond acceptors (Lipinski definition) is 3. The maximum Gasteiger partial charge on any atom is 0.217 e. The molecule has 25 heavy (non-hydrogen) atoms. The van der Waals surface area contributed by atoms with Gasteiger partial charge in [-0.15, -0.1) is 0 Å². The van der Waals surface area contributed by atoms with Crippen molar-refractivity contribution in [3.05, 3.63) is 52.2 Å². The lowest BCUT2D eigenvalue weighted by Crippen LogP contribution is -2.00. The van der Waals surface area contributed by atoms with Gasteiger partial charge in [0.05, 0.1) is 0 Å². The highest BCUT2D eigenvalue weighted by molar-refractivity contribution is 5.48. The number of pyridine rings is 1. The van der Waals surface area contributed by atoms with Crippen LogP contribution in [0.4, 0.5) is 20.3 Å². The van der Waals surface area contributed by atoms with Crippen molar-refractivity contribution in [2.45, 2.75) is 61.8 Å². The minimum absolute atomic E-state index is 0.194. The zero-order chi connectivity index (χ0) is 20.2. The molecule has 1 heterocycles. The predicted molar refractivity (Wildman–Crippen MR) is 106 cm³/mol. The smallest absolute Gasteiger partial charge is 0.217 e. The van der Waals surface area contributed by atoms with Crippen LogP contribution >= 0.6 is 0 Å². The van der Waals surface area contributed by atoms with Gasteiger partial charge in [0, 0.05) is 16.8 Å². The molecular formula is C20H33F2N3. The molecule has 0 amide bonds. The van der Waals surface area contributed by atoms with E-state index in [0.717, 1.165) is 12.0 Å². The van der Waals surface area contributed by atoms with Gasteiger partial charge in [0.1, 0.15) is 11.6 Å². The first-order chi connectivity index (χ1) is 11.8. The summed E-state index contributed by atoms with van der Waals surface area (Å²) in [7, 11) is 0. The van der Waals surface area contributed by atoms with Gasteiger partial charge >= 0.3 is 0 Å². The van der Waals surface area contributed by atoms with Crippen LogP contribution < -0.4 is 11.5 Å². The average Bonchev–Trinajstić information content (AvgIpc) is 2.63. The van der Waals surface area contributed by atoms with Crippen LogP contribution in [0, 0.1) is 32.5 Å². The molecule has 5 heteroatoms. The van der Waals surface area contributed by atoms with E-state index in [2.05, 4.69) is 4.98 Å². The predicted octanol–water partition coefficient (Wildman–Crippen LogP) is 5.75. The largest absolute Gasteiger partial charge is 0.398 e. The third kappa shape index (κ3) is 7.96. The van der Waals surface area contributed by atoms with Crippen LogP contribution in [0.25, 0.3) is 0 Å². The molecule has 2 rings (SSSR count). The molecule has 0 fully saturated rings. The van der Waals surface area contributed by atoms with Crippen LogP contribution in [0.1, 0.15) is 56.9 Å². The van der Waals surface area contributed by atoms with Crippen molar-refractivity contribution in [2.75, 3.05) is 11.5 Å². The summed E-state index contributed by atoms with van der Waals surface area (Å²) in [6.45, 7) is 15.0. The maximum atomic E-state index is 12.9. The van der Waals surface area contributed by atoms with Crippen molar-refractivity contribution in [3.8, 4) is 0 Å². The summed E-state index contributed by atoms with van der Waals surface area (Å²) >= 11 is 0. The topological polar surface area (TPSA) is 64.9 Å². The zero-order valence-corrected chi connectivity index (χ0v) is 16.8. The Balaban J connectivity index is 0. The number of aryl methyl sites for hydroxylation is 3. The molecule has 0 aliphatic carbocycles. The normalized spacial score (nSPS) is 8.88. The summed E-state index contributed by atoms with van der Waals surface area (Å²) in [6.07, 6.45) is 0.792. The minimum Gasteiger partial charge on any atom is -0.398 e. The van der Waals surface area contributed by atoms with Gasteiger partial charge in [0.2, 0.25) is 5.95 Å². The Hall–Kier alpha value is -2.17. The molecule has 0 unspecified atom stereocenters. The summed E-state index contributed by atoms with van der Waals surface area (Å²) in [5.74, 6) is -0.365. The molecule has 0 aliphatic rings. The number of nitrogens with two attached hydrogens (primary N) is 2. The maximum absolute atomic E-state index is 12.9. The van der Waals surface area contributed by atoms with Crippen LogP contribution in [0.2, 0.25) is 0 Å². The van der Waals surface area contributed by atoms with E-state index in [-0.39, 0.29) is 5.82 Å². The molecule has 4 N–H and O–H groups in total. The van der Waals surface area contributed by atoms with Crippen molar-refractivity contribution in [2.24, 2.45) is 0 Å². The van der Waals surface area contributed by atoms with E-state index in [4.69, 9.17) is 11.5 Å². The van der Waals surface area contributed by atoms with Gasteiger partial charge in [0.15, 0.2) is 0 Å². The molecule has 2 aromatic rings. The Morgan fingerprint density at radius 1 is 0.920 bits per heavy atom. The lowest BCUT2D eigenvalue weighted by Gasteiger charge is -2.02. The van der Waals surface area contributed by atoms with E-state index in [1.807, 2.05) is 34.6 Å². The Morgan fingerprint density at radius 2 is 1.44 bits per heavy atom. The molecule has 0 saturated carbocycles. The molecule has 142 valence electrons. The van der Waals surface area contributed by atoms with Gasteiger partial charge in [-0.3, -0.25) is 0 Å². The fourth-order valence-corrected chi connectivity index (χ4v) is 1.78. The van der Waals surface area contributed by atoms with E-state index in [9.17, 15) is 8.78 Å². The highest BCUT2D eigenvalue weighted by atomic mass is 19.1. The van der Waals surface area contributed by atoms with E-state index in [0.29, 0.717) is 28.2 Å². The highest BCUT2D eigenvalue weighted by Gasteiger charge is 2.04. The lowest BCUT2D eigenvalue weighted by molar-refractivity contribution is 0.575. The first-order valence-corrected chi connectivity index (χ1v) is 8.70. The zero-order valence-electron chi connectivity index (χ0n) is 16.8. The number of halogens is 2. The highest BCUT2D eigenvalue weighted by Crippen LogP contribution is 2.17. The van der Waals surface area contributed by atoms with Crippen LogP contribution in [-0.2, 0) is 6.42 Å².